The van der Waals surface area contributed by atoms with E-state index in [0.717, 1.165) is 4.57 Å². The Kier molecular flexibility index (Phi) is 7.14. The number of benzene rings is 1. The number of ether oxygens (including phenoxy) is 2. The Hall–Kier alpha value is -2.64. The number of carbonyl (C=O) groups is 1. The molecule has 2 aromatic rings. The lowest BCUT2D eigenvalue weighted by molar-refractivity contribution is -0.0609. The summed E-state index contributed by atoms with van der Waals surface area (Å²) >= 11 is 0. The topological polar surface area (TPSA) is 182 Å². The number of rotatable bonds is 6. The number of phosphoric ester groups is 1. The molecular formula is C20H24N3O10P. The molecule has 0 amide bonds. The lowest BCUT2D eigenvalue weighted by atomic mass is 10.1. The van der Waals surface area contributed by atoms with Gasteiger partial charge in [0, 0.05) is 12.6 Å². The van der Waals surface area contributed by atoms with Gasteiger partial charge in [0.1, 0.15) is 24.1 Å². The van der Waals surface area contributed by atoms with Gasteiger partial charge in [-0.25, -0.2) is 14.2 Å². The van der Waals surface area contributed by atoms with Gasteiger partial charge in [-0.15, -0.1) is 0 Å². The summed E-state index contributed by atoms with van der Waals surface area (Å²) < 4.78 is 40.4. The first kappa shape index (κ1) is 24.5. The summed E-state index contributed by atoms with van der Waals surface area (Å²) in [6.45, 7) is -0.371. The number of hydrogen-bond acceptors (Lipinski definition) is 12. The Bertz CT molecular complexity index is 1140. The van der Waals surface area contributed by atoms with Crippen molar-refractivity contribution in [1.82, 2.24) is 9.55 Å². The Morgan fingerprint density at radius 3 is 2.68 bits per heavy atom. The predicted molar refractivity (Wildman–Crippen MR) is 115 cm³/mol. The number of nitrogens with zero attached hydrogens (tertiary/aromatic N) is 2. The number of esters is 1. The van der Waals surface area contributed by atoms with Crippen LogP contribution in [0.1, 0.15) is 34.7 Å². The van der Waals surface area contributed by atoms with Crippen LogP contribution in [-0.2, 0) is 27.6 Å². The number of aliphatic hydroxyl groups excluding tert-OH is 2. The Balaban J connectivity index is 1.40. The maximum atomic E-state index is 13.0. The highest BCUT2D eigenvalue weighted by Crippen LogP contribution is 2.57. The van der Waals surface area contributed by atoms with Crippen LogP contribution in [0.2, 0.25) is 0 Å². The molecule has 0 bridgehead atoms. The number of aromatic nitrogens is 2. The van der Waals surface area contributed by atoms with Crippen LogP contribution in [0.4, 0.5) is 5.82 Å². The third-order valence-corrected chi connectivity index (χ3v) is 6.93. The van der Waals surface area contributed by atoms with Gasteiger partial charge in [0.05, 0.1) is 32.0 Å². The summed E-state index contributed by atoms with van der Waals surface area (Å²) in [7, 11) is -2.76. The molecule has 13 nitrogen and oxygen atoms in total. The van der Waals surface area contributed by atoms with Gasteiger partial charge in [0.25, 0.3) is 0 Å². The number of nitrogens with two attached hydrogens (primary N) is 1. The zero-order valence-electron chi connectivity index (χ0n) is 18.1. The van der Waals surface area contributed by atoms with Crippen molar-refractivity contribution in [3.63, 3.8) is 0 Å². The summed E-state index contributed by atoms with van der Waals surface area (Å²) in [4.78, 5) is 27.2. The van der Waals surface area contributed by atoms with Gasteiger partial charge in [0.2, 0.25) is 0 Å². The van der Waals surface area contributed by atoms with Crippen LogP contribution in [0.25, 0.3) is 0 Å². The van der Waals surface area contributed by atoms with Gasteiger partial charge in [-0.05, 0) is 23.8 Å². The quantitative estimate of drug-likeness (QED) is 0.373. The van der Waals surface area contributed by atoms with Crippen molar-refractivity contribution >= 4 is 19.6 Å². The number of phosphoric acid groups is 1. The highest BCUT2D eigenvalue weighted by Gasteiger charge is 2.46. The second-order valence-corrected chi connectivity index (χ2v) is 9.28. The molecule has 2 aliphatic heterocycles. The lowest BCUT2D eigenvalue weighted by Gasteiger charge is -2.29. The largest absolute Gasteiger partial charge is 0.475 e. The van der Waals surface area contributed by atoms with Crippen molar-refractivity contribution < 1.29 is 42.6 Å². The number of carbonyl (C=O) groups excluding carboxylic acids is 1. The van der Waals surface area contributed by atoms with E-state index >= 15 is 0 Å². The van der Waals surface area contributed by atoms with Gasteiger partial charge < -0.3 is 25.4 Å². The van der Waals surface area contributed by atoms with E-state index in [1.54, 1.807) is 24.3 Å². The summed E-state index contributed by atoms with van der Waals surface area (Å²) in [6, 6.07) is 7.76. The number of aliphatic hydroxyl groups is 2. The van der Waals surface area contributed by atoms with Crippen LogP contribution in [0.5, 0.6) is 0 Å². The third kappa shape index (κ3) is 5.05. The van der Waals surface area contributed by atoms with E-state index in [-0.39, 0.29) is 12.4 Å². The average Bonchev–Trinajstić information content (AvgIpc) is 3.11. The summed E-state index contributed by atoms with van der Waals surface area (Å²) in [5.41, 5.74) is 5.70. The molecule has 1 aromatic carbocycles. The van der Waals surface area contributed by atoms with Crippen LogP contribution in [0, 0.1) is 0 Å². The van der Waals surface area contributed by atoms with Crippen LogP contribution in [0.15, 0.2) is 41.3 Å². The van der Waals surface area contributed by atoms with Crippen molar-refractivity contribution in [2.75, 3.05) is 26.1 Å². The maximum Gasteiger partial charge on any atom is 0.475 e. The molecular weight excluding hydrogens is 473 g/mol. The normalized spacial score (nSPS) is 31.3. The first-order chi connectivity index (χ1) is 16.2. The van der Waals surface area contributed by atoms with E-state index in [1.165, 1.54) is 19.4 Å². The average molecular weight is 497 g/mol. The molecule has 0 spiro atoms. The molecule has 2 aliphatic rings. The highest BCUT2D eigenvalue weighted by molar-refractivity contribution is 7.48. The third-order valence-electron chi connectivity index (χ3n) is 5.45. The number of methoxy groups -OCH3 is 1. The Morgan fingerprint density at radius 2 is 2.00 bits per heavy atom. The van der Waals surface area contributed by atoms with Crippen molar-refractivity contribution in [2.24, 2.45) is 0 Å². The molecule has 1 aromatic heterocycles. The molecule has 0 radical (unpaired) electrons. The molecule has 6 atom stereocenters. The molecule has 2 saturated heterocycles. The second kappa shape index (κ2) is 9.92. The van der Waals surface area contributed by atoms with Gasteiger partial charge in [-0.2, -0.15) is 4.98 Å². The van der Waals surface area contributed by atoms with Crippen LogP contribution in [0.3, 0.4) is 0 Å². The maximum absolute atomic E-state index is 13.0. The van der Waals surface area contributed by atoms with Crippen molar-refractivity contribution in [1.29, 1.82) is 0 Å². The second-order valence-electron chi connectivity index (χ2n) is 7.66. The van der Waals surface area contributed by atoms with Gasteiger partial charge in [-0.3, -0.25) is 18.1 Å². The SMILES string of the molecule is COC(=O)c1ccc([C@@H]2CCO[P@](=O)(OC[C@H]3O[C@@H](n4ccc(N)nc4=O)[C@@H](O)[C@@H]3O)O2)cc1. The van der Waals surface area contributed by atoms with Crippen molar-refractivity contribution in [3.05, 3.63) is 58.1 Å². The molecule has 4 N–H and O–H groups in total. The molecule has 0 saturated carbocycles. The van der Waals surface area contributed by atoms with Crippen LogP contribution >= 0.6 is 7.82 Å². The smallest absolute Gasteiger partial charge is 0.465 e. The van der Waals surface area contributed by atoms with E-state index in [4.69, 9.17) is 24.0 Å². The fourth-order valence-electron chi connectivity index (χ4n) is 3.64. The van der Waals surface area contributed by atoms with Gasteiger partial charge in [-0.1, -0.05) is 12.1 Å². The van der Waals surface area contributed by atoms with E-state index < -0.39 is 56.7 Å². The van der Waals surface area contributed by atoms with E-state index in [0.29, 0.717) is 17.5 Å². The standard InChI is InChI=1S/C20H24N3O10P/c1-29-19(26)12-4-2-11(3-5-12)13-7-9-30-34(28,33-13)31-10-14-16(24)17(25)18(32-14)23-8-6-15(21)22-20(23)27/h2-6,8,13-14,16-18,24-25H,7,9-10H2,1H3,(H2,21,22,27)/t13-,14+,16+,17-,18+,34+/m0/s1. The zero-order chi connectivity index (χ0) is 24.5. The minimum Gasteiger partial charge on any atom is -0.465 e. The number of anilines is 1. The summed E-state index contributed by atoms with van der Waals surface area (Å²) in [5.74, 6) is -0.491. The van der Waals surface area contributed by atoms with Crippen LogP contribution < -0.4 is 11.4 Å². The fraction of sp³-hybridized carbons (Fsp3) is 0.450. The first-order valence-electron chi connectivity index (χ1n) is 10.3. The summed E-state index contributed by atoms with van der Waals surface area (Å²) in [6.07, 6.45) is -4.28. The van der Waals surface area contributed by atoms with Gasteiger partial charge >= 0.3 is 19.5 Å². The highest BCUT2D eigenvalue weighted by atomic mass is 31.2. The van der Waals surface area contributed by atoms with Crippen LogP contribution in [-0.4, -0.2) is 64.4 Å². The monoisotopic (exact) mass is 497 g/mol. The Morgan fingerprint density at radius 1 is 1.26 bits per heavy atom. The van der Waals surface area contributed by atoms with E-state index in [1.807, 2.05) is 0 Å². The van der Waals surface area contributed by atoms with E-state index in [2.05, 4.69) is 9.72 Å². The first-order valence-corrected chi connectivity index (χ1v) is 11.8. The molecule has 4 rings (SSSR count). The molecule has 0 unspecified atom stereocenters. The van der Waals surface area contributed by atoms with Gasteiger partial charge in [0.15, 0.2) is 6.23 Å². The predicted octanol–water partition coefficient (Wildman–Crippen LogP) is 0.534. The summed E-state index contributed by atoms with van der Waals surface area (Å²) in [5, 5.41) is 20.7. The lowest BCUT2D eigenvalue weighted by Crippen LogP contribution is -2.36. The van der Waals surface area contributed by atoms with Crippen molar-refractivity contribution in [2.45, 2.75) is 37.1 Å². The van der Waals surface area contributed by atoms with E-state index in [9.17, 15) is 24.4 Å². The minimum absolute atomic E-state index is 0.00616. The molecule has 14 heteroatoms. The molecule has 34 heavy (non-hydrogen) atoms. The van der Waals surface area contributed by atoms with Crippen molar-refractivity contribution in [3.8, 4) is 0 Å². The molecule has 2 fully saturated rings. The molecule has 184 valence electrons. The Labute approximate surface area is 193 Å². The molecule has 0 aliphatic carbocycles. The zero-order valence-corrected chi connectivity index (χ0v) is 18.9. The fourth-order valence-corrected chi connectivity index (χ4v) is 5.03. The number of nitrogen functional groups attached to an aromatic ring is 1. The molecule has 3 heterocycles. The number of hydrogen-bond donors (Lipinski definition) is 3. The minimum atomic E-state index is -4.04.